The molecule has 1 rings (SSSR count). The number of hydrogen-bond donors (Lipinski definition) is 1. The molecule has 0 saturated carbocycles. The van der Waals surface area contributed by atoms with Crippen LogP contribution in [-0.4, -0.2) is 22.8 Å². The van der Waals surface area contributed by atoms with E-state index in [0.717, 1.165) is 6.07 Å². The summed E-state index contributed by atoms with van der Waals surface area (Å²) in [4.78, 5) is 23.1. The molecule has 0 aromatic heterocycles. The van der Waals surface area contributed by atoms with Gasteiger partial charge in [0.2, 0.25) is 0 Å². The molecule has 22 heavy (non-hydrogen) atoms. The average molecular weight is 382 g/mol. The first kappa shape index (κ1) is 18.5. The number of alkyl halides is 4. The van der Waals surface area contributed by atoms with Gasteiger partial charge in [-0.05, 0) is 39.0 Å². The lowest BCUT2D eigenvalue weighted by atomic mass is 10.1. The van der Waals surface area contributed by atoms with Crippen LogP contribution in [-0.2, 0) is 10.9 Å². The minimum absolute atomic E-state index is 0.0941. The van der Waals surface area contributed by atoms with Gasteiger partial charge in [0.15, 0.2) is 5.78 Å². The van der Waals surface area contributed by atoms with E-state index < -0.39 is 34.9 Å². The van der Waals surface area contributed by atoms with Gasteiger partial charge in [-0.15, -0.1) is 0 Å². The maximum atomic E-state index is 13.1. The summed E-state index contributed by atoms with van der Waals surface area (Å²) in [6.45, 7) is 4.78. The standard InChI is InChI=1S/C14H15BrF3NO3/c1-13(2,3)22-12(21)19-10-5-4-8(11(20)7-15)6-9(10)14(16,17)18/h4-6H,7H2,1-3H3,(H,19,21). The fourth-order valence-electron chi connectivity index (χ4n) is 1.55. The van der Waals surface area contributed by atoms with Crippen LogP contribution in [0.2, 0.25) is 0 Å². The number of ketones is 1. The van der Waals surface area contributed by atoms with E-state index in [9.17, 15) is 22.8 Å². The van der Waals surface area contributed by atoms with E-state index in [1.807, 2.05) is 0 Å². The number of hydrogen-bond acceptors (Lipinski definition) is 3. The number of anilines is 1. The topological polar surface area (TPSA) is 55.4 Å². The van der Waals surface area contributed by atoms with Gasteiger partial charge in [-0.2, -0.15) is 13.2 Å². The highest BCUT2D eigenvalue weighted by Crippen LogP contribution is 2.35. The van der Waals surface area contributed by atoms with Gasteiger partial charge < -0.3 is 4.74 Å². The number of amides is 1. The van der Waals surface area contributed by atoms with Gasteiger partial charge in [0.25, 0.3) is 0 Å². The van der Waals surface area contributed by atoms with Crippen molar-refractivity contribution in [3.05, 3.63) is 29.3 Å². The Kier molecular flexibility index (Phi) is 5.61. The first-order valence-electron chi connectivity index (χ1n) is 6.24. The third-order valence-electron chi connectivity index (χ3n) is 2.40. The van der Waals surface area contributed by atoms with Gasteiger partial charge in [0.1, 0.15) is 5.60 Å². The van der Waals surface area contributed by atoms with Crippen LogP contribution in [0.3, 0.4) is 0 Å². The molecule has 1 amide bonds. The van der Waals surface area contributed by atoms with Crippen LogP contribution >= 0.6 is 15.9 Å². The molecule has 4 nitrogen and oxygen atoms in total. The quantitative estimate of drug-likeness (QED) is 0.613. The first-order chi connectivity index (χ1) is 9.94. The maximum absolute atomic E-state index is 13.1. The number of ether oxygens (including phenoxy) is 1. The van der Waals surface area contributed by atoms with Crippen molar-refractivity contribution in [1.82, 2.24) is 0 Å². The highest BCUT2D eigenvalue weighted by molar-refractivity contribution is 9.09. The van der Waals surface area contributed by atoms with E-state index in [-0.39, 0.29) is 10.9 Å². The minimum atomic E-state index is -4.72. The number of carbonyl (C=O) groups is 2. The van der Waals surface area contributed by atoms with E-state index in [1.54, 1.807) is 20.8 Å². The predicted molar refractivity (Wildman–Crippen MR) is 79.4 cm³/mol. The SMILES string of the molecule is CC(C)(C)OC(=O)Nc1ccc(C(=O)CBr)cc1C(F)(F)F. The second kappa shape index (κ2) is 6.68. The molecule has 0 aliphatic rings. The van der Waals surface area contributed by atoms with Crippen LogP contribution in [0.4, 0.5) is 23.7 Å². The summed E-state index contributed by atoms with van der Waals surface area (Å²) in [5, 5.41) is 1.96. The van der Waals surface area contributed by atoms with E-state index in [1.165, 1.54) is 6.07 Å². The Balaban J connectivity index is 3.14. The summed E-state index contributed by atoms with van der Waals surface area (Å²) in [6.07, 6.45) is -5.72. The number of halogens is 4. The van der Waals surface area contributed by atoms with Gasteiger partial charge in [-0.1, -0.05) is 15.9 Å². The van der Waals surface area contributed by atoms with Crippen LogP contribution in [0.25, 0.3) is 0 Å². The van der Waals surface area contributed by atoms with Gasteiger partial charge in [-0.25, -0.2) is 4.79 Å². The van der Waals surface area contributed by atoms with Crippen molar-refractivity contribution in [1.29, 1.82) is 0 Å². The van der Waals surface area contributed by atoms with Crippen molar-refractivity contribution >= 4 is 33.5 Å². The van der Waals surface area contributed by atoms with Crippen LogP contribution in [0.15, 0.2) is 18.2 Å². The maximum Gasteiger partial charge on any atom is 0.418 e. The van der Waals surface area contributed by atoms with Crippen molar-refractivity contribution < 1.29 is 27.5 Å². The molecule has 0 bridgehead atoms. The number of rotatable bonds is 3. The van der Waals surface area contributed by atoms with Crippen molar-refractivity contribution in [2.45, 2.75) is 32.5 Å². The summed E-state index contributed by atoms with van der Waals surface area (Å²) >= 11 is 2.90. The normalized spacial score (nSPS) is 12.0. The number of carbonyl (C=O) groups excluding carboxylic acids is 2. The Morgan fingerprint density at radius 1 is 1.23 bits per heavy atom. The molecule has 0 radical (unpaired) electrons. The zero-order chi connectivity index (χ0) is 17.1. The molecule has 0 aliphatic carbocycles. The van der Waals surface area contributed by atoms with Gasteiger partial charge in [0, 0.05) is 5.56 Å². The Bertz CT molecular complexity index is 580. The highest BCUT2D eigenvalue weighted by atomic mass is 79.9. The van der Waals surface area contributed by atoms with Crippen molar-refractivity contribution in [3.63, 3.8) is 0 Å². The third-order valence-corrected chi connectivity index (χ3v) is 2.91. The molecular formula is C14H15BrF3NO3. The summed E-state index contributed by atoms with van der Waals surface area (Å²) in [6, 6.07) is 2.95. The molecule has 0 saturated heterocycles. The molecule has 1 aromatic rings. The summed E-state index contributed by atoms with van der Waals surface area (Å²) in [7, 11) is 0. The molecule has 0 fully saturated rings. The van der Waals surface area contributed by atoms with Gasteiger partial charge in [0.05, 0.1) is 16.6 Å². The first-order valence-corrected chi connectivity index (χ1v) is 7.36. The molecular weight excluding hydrogens is 367 g/mol. The van der Waals surface area contributed by atoms with Crippen LogP contribution < -0.4 is 5.32 Å². The zero-order valence-corrected chi connectivity index (χ0v) is 13.8. The molecule has 0 atom stereocenters. The molecule has 0 aliphatic heterocycles. The molecule has 8 heteroatoms. The summed E-state index contributed by atoms with van der Waals surface area (Å²) in [5.74, 6) is -0.491. The number of Topliss-reactive ketones (excluding diaryl/α,β-unsaturated/α-hetero) is 1. The molecule has 0 spiro atoms. The van der Waals surface area contributed by atoms with E-state index in [4.69, 9.17) is 4.74 Å². The minimum Gasteiger partial charge on any atom is -0.444 e. The molecule has 122 valence electrons. The molecule has 0 heterocycles. The lowest BCUT2D eigenvalue weighted by molar-refractivity contribution is -0.136. The fraction of sp³-hybridized carbons (Fsp3) is 0.429. The smallest absolute Gasteiger partial charge is 0.418 e. The van der Waals surface area contributed by atoms with Crippen molar-refractivity contribution in [3.8, 4) is 0 Å². The van der Waals surface area contributed by atoms with Gasteiger partial charge in [-0.3, -0.25) is 10.1 Å². The predicted octanol–water partition coefficient (Wildman–Crippen LogP) is 4.63. The average Bonchev–Trinajstić information content (AvgIpc) is 2.34. The zero-order valence-electron chi connectivity index (χ0n) is 12.2. The van der Waals surface area contributed by atoms with Gasteiger partial charge >= 0.3 is 12.3 Å². The van der Waals surface area contributed by atoms with E-state index in [0.29, 0.717) is 6.07 Å². The second-order valence-corrected chi connectivity index (χ2v) is 6.00. The molecule has 1 aromatic carbocycles. The number of benzene rings is 1. The monoisotopic (exact) mass is 381 g/mol. The van der Waals surface area contributed by atoms with Crippen LogP contribution in [0, 0.1) is 0 Å². The lowest BCUT2D eigenvalue weighted by Gasteiger charge is -2.21. The molecule has 0 unspecified atom stereocenters. The Morgan fingerprint density at radius 2 is 1.82 bits per heavy atom. The highest BCUT2D eigenvalue weighted by Gasteiger charge is 2.35. The Labute approximate surface area is 134 Å². The summed E-state index contributed by atoms with van der Waals surface area (Å²) in [5.41, 5.74) is -2.51. The van der Waals surface area contributed by atoms with E-state index >= 15 is 0 Å². The largest absolute Gasteiger partial charge is 0.444 e. The van der Waals surface area contributed by atoms with Crippen molar-refractivity contribution in [2.24, 2.45) is 0 Å². The lowest BCUT2D eigenvalue weighted by Crippen LogP contribution is -2.28. The second-order valence-electron chi connectivity index (χ2n) is 5.44. The van der Waals surface area contributed by atoms with Crippen LogP contribution in [0.5, 0.6) is 0 Å². The molecule has 1 N–H and O–H groups in total. The fourth-order valence-corrected chi connectivity index (χ4v) is 1.88. The number of nitrogens with one attached hydrogen (secondary N) is 1. The third kappa shape index (κ3) is 5.32. The van der Waals surface area contributed by atoms with E-state index in [2.05, 4.69) is 21.2 Å². The van der Waals surface area contributed by atoms with Crippen molar-refractivity contribution in [2.75, 3.05) is 10.6 Å². The summed E-state index contributed by atoms with van der Waals surface area (Å²) < 4.78 is 44.1. The Morgan fingerprint density at radius 3 is 2.27 bits per heavy atom. The Hall–Kier alpha value is -1.57. The van der Waals surface area contributed by atoms with Crippen LogP contribution in [0.1, 0.15) is 36.7 Å².